The zero-order valence-corrected chi connectivity index (χ0v) is 12.8. The van der Waals surface area contributed by atoms with Crippen molar-refractivity contribution in [1.82, 2.24) is 14.8 Å². The van der Waals surface area contributed by atoms with E-state index in [1.54, 1.807) is 4.90 Å². The second kappa shape index (κ2) is 5.81. The molecule has 1 amide bonds. The Morgan fingerprint density at radius 2 is 1.86 bits per heavy atom. The standard InChI is InChI=1S/C14H21N3O3S/c18-14(16-8-10-21(19,20)11-9-16)13-2-1-7-17(13)12-3-5-15-6-4-12/h1-2,7,12,15H,3-6,8-11H2. The number of amides is 1. The predicted molar refractivity (Wildman–Crippen MR) is 80.1 cm³/mol. The van der Waals surface area contributed by atoms with E-state index in [9.17, 15) is 13.2 Å². The van der Waals surface area contributed by atoms with Gasteiger partial charge in [-0.05, 0) is 38.1 Å². The lowest BCUT2D eigenvalue weighted by Gasteiger charge is -2.30. The first kappa shape index (κ1) is 14.6. The summed E-state index contributed by atoms with van der Waals surface area (Å²) in [5.41, 5.74) is 0.682. The van der Waals surface area contributed by atoms with Crippen LogP contribution in [0.4, 0.5) is 0 Å². The topological polar surface area (TPSA) is 71.4 Å². The number of nitrogens with one attached hydrogen (secondary N) is 1. The zero-order chi connectivity index (χ0) is 14.9. The Morgan fingerprint density at radius 1 is 1.19 bits per heavy atom. The van der Waals surface area contributed by atoms with Crippen LogP contribution in [-0.2, 0) is 9.84 Å². The highest BCUT2D eigenvalue weighted by atomic mass is 32.2. The summed E-state index contributed by atoms with van der Waals surface area (Å²) in [6, 6.07) is 4.09. The van der Waals surface area contributed by atoms with Crippen LogP contribution in [-0.4, -0.2) is 61.5 Å². The molecule has 2 aliphatic heterocycles. The van der Waals surface area contributed by atoms with E-state index >= 15 is 0 Å². The number of aromatic nitrogens is 1. The molecule has 0 spiro atoms. The van der Waals surface area contributed by atoms with Crippen LogP contribution in [0.15, 0.2) is 18.3 Å². The average molecular weight is 311 g/mol. The first-order valence-corrected chi connectivity index (χ1v) is 9.26. The summed E-state index contributed by atoms with van der Waals surface area (Å²) in [6.45, 7) is 2.55. The molecule has 1 N–H and O–H groups in total. The zero-order valence-electron chi connectivity index (χ0n) is 12.0. The molecule has 7 heteroatoms. The van der Waals surface area contributed by atoms with Gasteiger partial charge in [-0.25, -0.2) is 8.42 Å². The Labute approximate surface area is 125 Å². The molecule has 21 heavy (non-hydrogen) atoms. The molecule has 2 fully saturated rings. The maximum absolute atomic E-state index is 12.6. The number of nitrogens with zero attached hydrogens (tertiary/aromatic N) is 2. The van der Waals surface area contributed by atoms with Crippen LogP contribution in [0.2, 0.25) is 0 Å². The van der Waals surface area contributed by atoms with E-state index in [0.29, 0.717) is 24.8 Å². The minimum atomic E-state index is -2.96. The number of carbonyl (C=O) groups excluding carboxylic acids is 1. The first-order chi connectivity index (χ1) is 10.1. The van der Waals surface area contributed by atoms with Crippen molar-refractivity contribution in [2.45, 2.75) is 18.9 Å². The van der Waals surface area contributed by atoms with Crippen LogP contribution in [0.1, 0.15) is 29.4 Å². The van der Waals surface area contributed by atoms with Crippen molar-refractivity contribution in [1.29, 1.82) is 0 Å². The average Bonchev–Trinajstić information content (AvgIpc) is 2.97. The highest BCUT2D eigenvalue weighted by Gasteiger charge is 2.28. The molecule has 2 aliphatic rings. The van der Waals surface area contributed by atoms with Crippen LogP contribution in [0.3, 0.4) is 0 Å². The SMILES string of the molecule is O=C(c1cccn1C1CCNCC1)N1CCS(=O)(=O)CC1. The molecule has 2 saturated heterocycles. The van der Waals surface area contributed by atoms with Gasteiger partial charge in [-0.2, -0.15) is 0 Å². The van der Waals surface area contributed by atoms with Gasteiger partial charge in [0.15, 0.2) is 9.84 Å². The molecule has 0 radical (unpaired) electrons. The number of carbonyl (C=O) groups is 1. The number of hydrogen-bond donors (Lipinski definition) is 1. The molecule has 6 nitrogen and oxygen atoms in total. The minimum absolute atomic E-state index is 0.0477. The second-order valence-corrected chi connectivity index (χ2v) is 8.03. The van der Waals surface area contributed by atoms with Gasteiger partial charge < -0.3 is 14.8 Å². The normalized spacial score (nSPS) is 23.1. The summed E-state index contributed by atoms with van der Waals surface area (Å²) in [5.74, 6) is 0.105. The predicted octanol–water partition coefficient (Wildman–Crippen LogP) is 0.283. The molecule has 0 saturated carbocycles. The van der Waals surface area contributed by atoms with Gasteiger partial charge in [0.25, 0.3) is 5.91 Å². The van der Waals surface area contributed by atoms with Crippen molar-refractivity contribution < 1.29 is 13.2 Å². The van der Waals surface area contributed by atoms with Crippen molar-refractivity contribution in [3.8, 4) is 0 Å². The minimum Gasteiger partial charge on any atom is -0.340 e. The summed E-state index contributed by atoms with van der Waals surface area (Å²) < 4.78 is 25.0. The van der Waals surface area contributed by atoms with Crippen molar-refractivity contribution in [3.63, 3.8) is 0 Å². The van der Waals surface area contributed by atoms with E-state index in [1.165, 1.54) is 0 Å². The fourth-order valence-electron chi connectivity index (χ4n) is 3.06. The van der Waals surface area contributed by atoms with E-state index in [2.05, 4.69) is 9.88 Å². The van der Waals surface area contributed by atoms with Gasteiger partial charge in [0, 0.05) is 25.3 Å². The molecule has 0 aliphatic carbocycles. The van der Waals surface area contributed by atoms with Gasteiger partial charge in [0.1, 0.15) is 5.69 Å². The highest BCUT2D eigenvalue weighted by molar-refractivity contribution is 7.91. The van der Waals surface area contributed by atoms with Crippen LogP contribution in [0.5, 0.6) is 0 Å². The van der Waals surface area contributed by atoms with Crippen molar-refractivity contribution in [3.05, 3.63) is 24.0 Å². The van der Waals surface area contributed by atoms with Crippen molar-refractivity contribution in [2.75, 3.05) is 37.7 Å². The largest absolute Gasteiger partial charge is 0.340 e. The Balaban J connectivity index is 1.75. The number of rotatable bonds is 2. The molecular weight excluding hydrogens is 290 g/mol. The third-order valence-electron chi connectivity index (χ3n) is 4.33. The molecule has 0 bridgehead atoms. The van der Waals surface area contributed by atoms with Crippen LogP contribution < -0.4 is 5.32 Å². The number of hydrogen-bond acceptors (Lipinski definition) is 4. The van der Waals surface area contributed by atoms with E-state index in [4.69, 9.17) is 0 Å². The lowest BCUT2D eigenvalue weighted by Crippen LogP contribution is -2.44. The van der Waals surface area contributed by atoms with Gasteiger partial charge in [-0.15, -0.1) is 0 Å². The Kier molecular flexibility index (Phi) is 4.03. The molecule has 1 aromatic rings. The maximum atomic E-state index is 12.6. The monoisotopic (exact) mass is 311 g/mol. The summed E-state index contributed by atoms with van der Waals surface area (Å²) in [5, 5.41) is 3.32. The second-order valence-electron chi connectivity index (χ2n) is 5.73. The quantitative estimate of drug-likeness (QED) is 0.852. The van der Waals surface area contributed by atoms with Crippen LogP contribution in [0, 0.1) is 0 Å². The summed E-state index contributed by atoms with van der Waals surface area (Å²) in [6.07, 6.45) is 4.00. The molecule has 1 aromatic heterocycles. The fraction of sp³-hybridized carbons (Fsp3) is 0.643. The van der Waals surface area contributed by atoms with Crippen molar-refractivity contribution in [2.24, 2.45) is 0 Å². The summed E-state index contributed by atoms with van der Waals surface area (Å²) >= 11 is 0. The Morgan fingerprint density at radius 3 is 2.52 bits per heavy atom. The molecule has 0 atom stereocenters. The molecule has 0 aromatic carbocycles. The fourth-order valence-corrected chi connectivity index (χ4v) is 4.26. The van der Waals surface area contributed by atoms with Crippen LogP contribution in [0.25, 0.3) is 0 Å². The number of sulfone groups is 1. The smallest absolute Gasteiger partial charge is 0.270 e. The van der Waals surface area contributed by atoms with Crippen molar-refractivity contribution >= 4 is 15.7 Å². The molecule has 116 valence electrons. The first-order valence-electron chi connectivity index (χ1n) is 7.44. The Hall–Kier alpha value is -1.34. The summed E-state index contributed by atoms with van der Waals surface area (Å²) in [4.78, 5) is 14.3. The molecule has 3 rings (SSSR count). The molecule has 3 heterocycles. The van der Waals surface area contributed by atoms with Gasteiger partial charge >= 0.3 is 0 Å². The molecular formula is C14H21N3O3S. The van der Waals surface area contributed by atoms with E-state index in [1.807, 2.05) is 18.3 Å². The van der Waals surface area contributed by atoms with Gasteiger partial charge in [-0.3, -0.25) is 4.79 Å². The van der Waals surface area contributed by atoms with Gasteiger partial charge in [-0.1, -0.05) is 0 Å². The van der Waals surface area contributed by atoms with E-state index in [-0.39, 0.29) is 17.4 Å². The summed E-state index contributed by atoms with van der Waals surface area (Å²) in [7, 11) is -2.96. The van der Waals surface area contributed by atoms with E-state index in [0.717, 1.165) is 25.9 Å². The highest BCUT2D eigenvalue weighted by Crippen LogP contribution is 2.22. The number of piperidine rings is 1. The lowest BCUT2D eigenvalue weighted by molar-refractivity contribution is 0.0755. The molecule has 0 unspecified atom stereocenters. The lowest BCUT2D eigenvalue weighted by atomic mass is 10.1. The van der Waals surface area contributed by atoms with Gasteiger partial charge in [0.2, 0.25) is 0 Å². The third kappa shape index (κ3) is 3.13. The van der Waals surface area contributed by atoms with Crippen LogP contribution >= 0.6 is 0 Å². The third-order valence-corrected chi connectivity index (χ3v) is 5.94. The maximum Gasteiger partial charge on any atom is 0.270 e. The van der Waals surface area contributed by atoms with E-state index < -0.39 is 9.84 Å². The van der Waals surface area contributed by atoms with Gasteiger partial charge in [0.05, 0.1) is 11.5 Å². The Bertz CT molecular complexity index is 603.